The van der Waals surface area contributed by atoms with Crippen molar-refractivity contribution < 1.29 is 30.3 Å². The summed E-state index contributed by atoms with van der Waals surface area (Å²) in [6.07, 6.45) is -3.91. The Hall–Kier alpha value is -2.83. The minimum Gasteiger partial charge on any atom is -0.508 e. The van der Waals surface area contributed by atoms with Gasteiger partial charge in [0.25, 0.3) is 0 Å². The number of aliphatic hydroxyl groups excluding tert-OH is 4. The number of benzene rings is 1. The van der Waals surface area contributed by atoms with Crippen LogP contribution >= 0.6 is 0 Å². The molecule has 6 N–H and O–H groups in total. The normalized spacial score (nSPS) is 27.2. The highest BCUT2D eigenvalue weighted by molar-refractivity contribution is 5.82. The van der Waals surface area contributed by atoms with Crippen molar-refractivity contribution in [1.82, 2.24) is 19.5 Å². The molecule has 154 valence electrons. The molecule has 1 fully saturated rings. The number of ether oxygens (including phenoxy) is 1. The van der Waals surface area contributed by atoms with Gasteiger partial charge in [0.15, 0.2) is 23.2 Å². The Labute approximate surface area is 164 Å². The van der Waals surface area contributed by atoms with Gasteiger partial charge in [0.2, 0.25) is 0 Å². The van der Waals surface area contributed by atoms with E-state index < -0.39 is 37.3 Å². The number of hydrogen-bond acceptors (Lipinski definition) is 10. The van der Waals surface area contributed by atoms with E-state index in [0.29, 0.717) is 29.1 Å². The molecule has 0 saturated carbocycles. The van der Waals surface area contributed by atoms with E-state index in [0.717, 1.165) is 0 Å². The highest BCUT2D eigenvalue weighted by Gasteiger charge is 2.44. The van der Waals surface area contributed by atoms with Crippen LogP contribution in [0.2, 0.25) is 0 Å². The Morgan fingerprint density at radius 3 is 2.59 bits per heavy atom. The van der Waals surface area contributed by atoms with Gasteiger partial charge < -0.3 is 35.6 Å². The third-order valence-corrected chi connectivity index (χ3v) is 4.94. The number of aromatic hydroxyl groups is 1. The molecule has 0 spiro atoms. The van der Waals surface area contributed by atoms with E-state index in [2.05, 4.69) is 20.3 Å². The Morgan fingerprint density at radius 2 is 1.83 bits per heavy atom. The number of aromatic nitrogens is 4. The molecule has 4 rings (SSSR count). The first-order valence-electron chi connectivity index (χ1n) is 9.00. The van der Waals surface area contributed by atoms with Gasteiger partial charge in [-0.15, -0.1) is 0 Å². The monoisotopic (exact) mass is 403 g/mol. The highest BCUT2D eigenvalue weighted by atomic mass is 16.6. The van der Waals surface area contributed by atoms with E-state index in [9.17, 15) is 25.5 Å². The molecule has 1 saturated heterocycles. The number of hydrogen-bond donors (Lipinski definition) is 6. The van der Waals surface area contributed by atoms with Gasteiger partial charge in [0.05, 0.1) is 12.9 Å². The van der Waals surface area contributed by atoms with Crippen LogP contribution in [0, 0.1) is 0 Å². The van der Waals surface area contributed by atoms with Crippen LogP contribution in [0.5, 0.6) is 5.75 Å². The smallest absolute Gasteiger partial charge is 0.167 e. The zero-order valence-corrected chi connectivity index (χ0v) is 15.2. The van der Waals surface area contributed by atoms with Crippen LogP contribution in [0.1, 0.15) is 11.8 Å². The second-order valence-corrected chi connectivity index (χ2v) is 6.75. The lowest BCUT2D eigenvalue weighted by molar-refractivity contribution is -0.250. The molecule has 11 heteroatoms. The Bertz CT molecular complexity index is 996. The van der Waals surface area contributed by atoms with Gasteiger partial charge in [-0.1, -0.05) is 18.2 Å². The first-order valence-corrected chi connectivity index (χ1v) is 9.00. The largest absolute Gasteiger partial charge is 0.508 e. The van der Waals surface area contributed by atoms with Crippen LogP contribution in [0.4, 0.5) is 5.82 Å². The number of imidazole rings is 1. The summed E-state index contributed by atoms with van der Waals surface area (Å²) in [5.41, 5.74) is 1.39. The highest BCUT2D eigenvalue weighted by Crippen LogP contribution is 2.31. The van der Waals surface area contributed by atoms with E-state index in [1.54, 1.807) is 24.3 Å². The molecule has 0 bridgehead atoms. The molecule has 0 radical (unpaired) electrons. The summed E-state index contributed by atoms with van der Waals surface area (Å²) >= 11 is 0. The molecule has 0 aliphatic carbocycles. The van der Waals surface area contributed by atoms with Crippen molar-refractivity contribution in [2.24, 2.45) is 0 Å². The number of phenolic OH excluding ortho intramolecular Hbond substituents is 1. The number of nitrogens with zero attached hydrogens (tertiary/aromatic N) is 4. The van der Waals surface area contributed by atoms with Crippen LogP contribution in [-0.2, 0) is 11.3 Å². The van der Waals surface area contributed by atoms with Crippen LogP contribution in [0.15, 0.2) is 36.9 Å². The zero-order chi connectivity index (χ0) is 20.5. The van der Waals surface area contributed by atoms with E-state index in [1.807, 2.05) is 0 Å². The van der Waals surface area contributed by atoms with Crippen molar-refractivity contribution in [2.75, 3.05) is 11.9 Å². The summed E-state index contributed by atoms with van der Waals surface area (Å²) in [5, 5.41) is 52.7. The summed E-state index contributed by atoms with van der Waals surface area (Å²) in [4.78, 5) is 12.6. The fourth-order valence-electron chi connectivity index (χ4n) is 3.32. The minimum atomic E-state index is -1.51. The maximum atomic E-state index is 10.4. The first-order chi connectivity index (χ1) is 14.0. The molecular formula is C18H21N5O6. The molecule has 3 aromatic rings. The van der Waals surface area contributed by atoms with Crippen LogP contribution in [0.3, 0.4) is 0 Å². The maximum Gasteiger partial charge on any atom is 0.167 e. The number of aliphatic hydroxyl groups is 4. The van der Waals surface area contributed by atoms with Crippen molar-refractivity contribution in [1.29, 1.82) is 0 Å². The maximum absolute atomic E-state index is 10.4. The van der Waals surface area contributed by atoms with E-state index >= 15 is 0 Å². The Balaban J connectivity index is 1.63. The number of phenols is 1. The van der Waals surface area contributed by atoms with Gasteiger partial charge in [0, 0.05) is 12.1 Å². The number of anilines is 1. The van der Waals surface area contributed by atoms with E-state index in [4.69, 9.17) is 4.74 Å². The molecular weight excluding hydrogens is 382 g/mol. The van der Waals surface area contributed by atoms with Crippen LogP contribution in [-0.4, -0.2) is 76.1 Å². The molecule has 1 aliphatic rings. The molecule has 11 nitrogen and oxygen atoms in total. The third-order valence-electron chi connectivity index (χ3n) is 4.94. The summed E-state index contributed by atoms with van der Waals surface area (Å²) in [7, 11) is 0. The van der Waals surface area contributed by atoms with Crippen molar-refractivity contribution in [3.63, 3.8) is 0 Å². The van der Waals surface area contributed by atoms with Gasteiger partial charge in [-0.05, 0) is 6.07 Å². The lowest BCUT2D eigenvalue weighted by Gasteiger charge is -2.40. The second kappa shape index (κ2) is 7.89. The van der Waals surface area contributed by atoms with E-state index in [-0.39, 0.29) is 5.75 Å². The van der Waals surface area contributed by atoms with E-state index in [1.165, 1.54) is 17.2 Å². The Morgan fingerprint density at radius 1 is 1.03 bits per heavy atom. The van der Waals surface area contributed by atoms with Crippen LogP contribution < -0.4 is 5.32 Å². The van der Waals surface area contributed by atoms with Gasteiger partial charge >= 0.3 is 0 Å². The van der Waals surface area contributed by atoms with Crippen molar-refractivity contribution in [3.8, 4) is 5.75 Å². The predicted octanol–water partition coefficient (Wildman–Crippen LogP) is -0.884. The number of rotatable bonds is 5. The lowest BCUT2D eigenvalue weighted by atomic mass is 9.98. The molecule has 0 amide bonds. The minimum absolute atomic E-state index is 0.150. The average molecular weight is 403 g/mol. The number of nitrogens with one attached hydrogen (secondary N) is 1. The third kappa shape index (κ3) is 3.50. The Kier molecular flexibility index (Phi) is 5.30. The summed E-state index contributed by atoms with van der Waals surface area (Å²) in [6.45, 7) is -0.234. The van der Waals surface area contributed by atoms with Gasteiger partial charge in [-0.2, -0.15) is 0 Å². The van der Waals surface area contributed by atoms with Crippen molar-refractivity contribution >= 4 is 17.0 Å². The number of fused-ring (bicyclic) bond motifs is 1. The summed E-state index contributed by atoms with van der Waals surface area (Å²) in [5.74, 6) is 0.554. The predicted molar refractivity (Wildman–Crippen MR) is 99.8 cm³/mol. The van der Waals surface area contributed by atoms with Crippen molar-refractivity contribution in [3.05, 3.63) is 42.5 Å². The lowest BCUT2D eigenvalue weighted by Crippen LogP contribution is -2.56. The number of para-hydroxylation sites is 1. The van der Waals surface area contributed by atoms with Gasteiger partial charge in [-0.25, -0.2) is 15.0 Å². The molecule has 2 aromatic heterocycles. The molecule has 29 heavy (non-hydrogen) atoms. The van der Waals surface area contributed by atoms with Gasteiger partial charge in [-0.3, -0.25) is 4.57 Å². The zero-order valence-electron chi connectivity index (χ0n) is 15.2. The standard InChI is InChI=1S/C18H21N5O6/c24-6-11-13(26)14(27)15(28)18(29-11)23-8-22-12-16(20-7-21-17(12)23)19-5-9-3-1-2-4-10(9)25/h1-4,7-8,11,13-15,18,24-28H,5-6H2,(H,19,20,21)/t11-,13-,14+,15-,18?/m1/s1. The SMILES string of the molecule is OC[C@H]1OC(n2cnc3c(NCc4ccccc4O)ncnc32)[C@H](O)[C@@H](O)[C@@H]1O. The fraction of sp³-hybridized carbons (Fsp3) is 0.389. The molecule has 1 unspecified atom stereocenters. The van der Waals surface area contributed by atoms with Crippen LogP contribution in [0.25, 0.3) is 11.2 Å². The molecule has 3 heterocycles. The summed E-state index contributed by atoms with van der Waals surface area (Å²) in [6, 6.07) is 6.89. The van der Waals surface area contributed by atoms with Crippen molar-refractivity contribution in [2.45, 2.75) is 37.2 Å². The topological polar surface area (TPSA) is 166 Å². The second-order valence-electron chi connectivity index (χ2n) is 6.75. The molecule has 1 aliphatic heterocycles. The first kappa shape index (κ1) is 19.5. The van der Waals surface area contributed by atoms with Gasteiger partial charge in [0.1, 0.15) is 36.5 Å². The molecule has 5 atom stereocenters. The average Bonchev–Trinajstić information content (AvgIpc) is 3.16. The quantitative estimate of drug-likeness (QED) is 0.315. The summed E-state index contributed by atoms with van der Waals surface area (Å²) < 4.78 is 6.97. The molecule has 1 aromatic carbocycles. The fourth-order valence-corrected chi connectivity index (χ4v) is 3.32.